The number of hydrogen-bond donors (Lipinski definition) is 3. The fourth-order valence-electron chi connectivity index (χ4n) is 4.07. The lowest BCUT2D eigenvalue weighted by molar-refractivity contribution is -0.137. The number of aliphatic carboxylic acids is 1. The molecule has 8 heteroatoms. The van der Waals surface area contributed by atoms with Gasteiger partial charge in [-0.1, -0.05) is 49.7 Å². The van der Waals surface area contributed by atoms with Crippen LogP contribution in [0.1, 0.15) is 25.3 Å². The molecule has 0 amide bonds. The molecule has 3 aromatic carbocycles. The van der Waals surface area contributed by atoms with E-state index in [-0.39, 0.29) is 17.8 Å². The molecule has 0 saturated heterocycles. The Hall–Kier alpha value is -4.20. The van der Waals surface area contributed by atoms with Crippen molar-refractivity contribution in [1.82, 2.24) is 4.98 Å². The third kappa shape index (κ3) is 5.16. The van der Waals surface area contributed by atoms with Crippen LogP contribution in [0.5, 0.6) is 0 Å². The van der Waals surface area contributed by atoms with Crippen molar-refractivity contribution in [2.75, 3.05) is 29.1 Å². The Bertz CT molecular complexity index is 1400. The minimum atomic E-state index is -1.10. The summed E-state index contributed by atoms with van der Waals surface area (Å²) in [7, 11) is 1.74. The predicted molar refractivity (Wildman–Crippen MR) is 140 cm³/mol. The van der Waals surface area contributed by atoms with E-state index in [1.54, 1.807) is 18.1 Å². The van der Waals surface area contributed by atoms with E-state index in [1.165, 1.54) is 0 Å². The van der Waals surface area contributed by atoms with Crippen molar-refractivity contribution in [3.05, 3.63) is 86.8 Å². The molecule has 0 unspecified atom stereocenters. The Kier molecular flexibility index (Phi) is 7.10. The summed E-state index contributed by atoms with van der Waals surface area (Å²) in [5.41, 5.74) is 0.697. The lowest BCUT2D eigenvalue weighted by Crippen LogP contribution is -2.45. The van der Waals surface area contributed by atoms with Gasteiger partial charge in [-0.2, -0.15) is 0 Å². The normalized spacial score (nSPS) is 11.9. The Labute approximate surface area is 202 Å². The molecule has 180 valence electrons. The Morgan fingerprint density at radius 2 is 1.80 bits per heavy atom. The van der Waals surface area contributed by atoms with E-state index < -0.39 is 22.9 Å². The van der Waals surface area contributed by atoms with Crippen LogP contribution in [-0.4, -0.2) is 35.7 Å². The highest BCUT2D eigenvalue weighted by molar-refractivity contribution is 5.93. The zero-order chi connectivity index (χ0) is 24.9. The fourth-order valence-corrected chi connectivity index (χ4v) is 4.07. The predicted octanol–water partition coefficient (Wildman–Crippen LogP) is 3.92. The SMILES string of the molecule is CCCCN(C)c1c(N[C@@H](Cc2ccc(Nc3nccc4ccccc34)cc2)C(=O)O)c(=O)c1=O. The van der Waals surface area contributed by atoms with Crippen LogP contribution in [0.4, 0.5) is 22.9 Å². The molecule has 3 N–H and O–H groups in total. The van der Waals surface area contributed by atoms with Crippen molar-refractivity contribution >= 4 is 39.6 Å². The first-order valence-corrected chi connectivity index (χ1v) is 11.6. The number of anilines is 4. The van der Waals surface area contributed by atoms with Crippen LogP contribution in [0.25, 0.3) is 10.8 Å². The number of nitrogens with zero attached hydrogens (tertiary/aromatic N) is 2. The maximum atomic E-state index is 12.2. The number of fused-ring (bicyclic) bond motifs is 1. The lowest BCUT2D eigenvalue weighted by Gasteiger charge is -2.25. The lowest BCUT2D eigenvalue weighted by atomic mass is 10.0. The topological polar surface area (TPSA) is 112 Å². The molecule has 0 aliphatic rings. The van der Waals surface area contributed by atoms with Gasteiger partial charge in [0, 0.05) is 37.3 Å². The summed E-state index contributed by atoms with van der Waals surface area (Å²) in [6, 6.07) is 16.2. The number of carboxylic acid groups (broad SMARTS) is 1. The standard InChI is InChI=1S/C27H28N4O4/c1-3-4-15-31(2)23-22(24(32)25(23)33)30-21(27(34)35)16-17-9-11-19(12-10-17)29-26-20-8-6-5-7-18(20)13-14-28-26/h5-14,21,30H,3-4,15-16H2,1-2H3,(H,28,29)(H,34,35)/t21-/m0/s1. The monoisotopic (exact) mass is 472 g/mol. The first-order valence-electron chi connectivity index (χ1n) is 11.6. The van der Waals surface area contributed by atoms with Crippen molar-refractivity contribution in [1.29, 1.82) is 0 Å². The molecule has 8 nitrogen and oxygen atoms in total. The number of hydrogen-bond acceptors (Lipinski definition) is 7. The molecule has 1 atom stereocenters. The van der Waals surface area contributed by atoms with Crippen LogP contribution in [0, 0.1) is 0 Å². The van der Waals surface area contributed by atoms with Gasteiger partial charge < -0.3 is 20.6 Å². The van der Waals surface area contributed by atoms with Gasteiger partial charge in [0.25, 0.3) is 10.9 Å². The van der Waals surface area contributed by atoms with Gasteiger partial charge >= 0.3 is 5.97 Å². The minimum Gasteiger partial charge on any atom is -0.480 e. The van der Waals surface area contributed by atoms with Crippen molar-refractivity contribution in [3.8, 4) is 0 Å². The van der Waals surface area contributed by atoms with Crippen molar-refractivity contribution < 1.29 is 9.90 Å². The Balaban J connectivity index is 1.47. The largest absolute Gasteiger partial charge is 0.480 e. The molecular formula is C27H28N4O4. The third-order valence-corrected chi connectivity index (χ3v) is 6.06. The Morgan fingerprint density at radius 1 is 1.06 bits per heavy atom. The summed E-state index contributed by atoms with van der Waals surface area (Å²) in [5, 5.41) is 18.0. The molecule has 4 aromatic rings. The maximum absolute atomic E-state index is 12.2. The van der Waals surface area contributed by atoms with Crippen LogP contribution >= 0.6 is 0 Å². The van der Waals surface area contributed by atoms with Crippen LogP contribution < -0.4 is 26.4 Å². The number of rotatable bonds is 11. The molecule has 0 aliphatic carbocycles. The van der Waals surface area contributed by atoms with Gasteiger partial charge in [0.15, 0.2) is 0 Å². The van der Waals surface area contributed by atoms with E-state index in [9.17, 15) is 19.5 Å². The second-order valence-corrected chi connectivity index (χ2v) is 8.60. The average Bonchev–Trinajstić information content (AvgIpc) is 2.87. The summed E-state index contributed by atoms with van der Waals surface area (Å²) in [6.45, 7) is 2.66. The van der Waals surface area contributed by atoms with Crippen LogP contribution in [0.3, 0.4) is 0 Å². The van der Waals surface area contributed by atoms with E-state index in [0.717, 1.165) is 40.7 Å². The number of nitrogens with one attached hydrogen (secondary N) is 2. The molecule has 0 radical (unpaired) electrons. The molecule has 0 spiro atoms. The highest BCUT2D eigenvalue weighted by Gasteiger charge is 2.28. The van der Waals surface area contributed by atoms with Gasteiger partial charge in [0.05, 0.1) is 0 Å². The van der Waals surface area contributed by atoms with E-state index in [1.807, 2.05) is 61.5 Å². The molecule has 0 bridgehead atoms. The number of aromatic nitrogens is 1. The zero-order valence-corrected chi connectivity index (χ0v) is 19.7. The number of pyridine rings is 1. The molecule has 0 fully saturated rings. The van der Waals surface area contributed by atoms with Gasteiger partial charge in [0.1, 0.15) is 23.2 Å². The fraction of sp³-hybridized carbons (Fsp3) is 0.259. The third-order valence-electron chi connectivity index (χ3n) is 6.06. The Morgan fingerprint density at radius 3 is 2.51 bits per heavy atom. The first kappa shape index (κ1) is 23.9. The van der Waals surface area contributed by atoms with Gasteiger partial charge in [-0.3, -0.25) is 9.59 Å². The molecular weight excluding hydrogens is 444 g/mol. The average molecular weight is 473 g/mol. The summed E-state index contributed by atoms with van der Waals surface area (Å²) in [6.07, 6.45) is 3.71. The minimum absolute atomic E-state index is 0.0846. The van der Waals surface area contributed by atoms with Crippen molar-refractivity contribution in [2.45, 2.75) is 32.2 Å². The quantitative estimate of drug-likeness (QED) is 0.282. The van der Waals surface area contributed by atoms with E-state index in [4.69, 9.17) is 0 Å². The van der Waals surface area contributed by atoms with E-state index >= 15 is 0 Å². The van der Waals surface area contributed by atoms with Gasteiger partial charge in [0.2, 0.25) is 0 Å². The van der Waals surface area contributed by atoms with Gasteiger partial charge in [-0.05, 0) is 35.6 Å². The number of unbranched alkanes of at least 4 members (excludes halogenated alkanes) is 1. The van der Waals surface area contributed by atoms with Crippen molar-refractivity contribution in [3.63, 3.8) is 0 Å². The summed E-state index contributed by atoms with van der Waals surface area (Å²) in [4.78, 5) is 42.4. The molecule has 0 saturated carbocycles. The summed E-state index contributed by atoms with van der Waals surface area (Å²) >= 11 is 0. The molecule has 0 aliphatic heterocycles. The molecule has 1 heterocycles. The number of carboxylic acids is 1. The highest BCUT2D eigenvalue weighted by Crippen LogP contribution is 2.25. The molecule has 35 heavy (non-hydrogen) atoms. The first-order chi connectivity index (χ1) is 16.9. The molecule has 1 aromatic heterocycles. The maximum Gasteiger partial charge on any atom is 0.326 e. The van der Waals surface area contributed by atoms with Crippen LogP contribution in [-0.2, 0) is 11.2 Å². The second kappa shape index (κ2) is 10.4. The smallest absolute Gasteiger partial charge is 0.326 e. The van der Waals surface area contributed by atoms with Gasteiger partial charge in [-0.25, -0.2) is 9.78 Å². The van der Waals surface area contributed by atoms with E-state index in [2.05, 4.69) is 15.6 Å². The summed E-state index contributed by atoms with van der Waals surface area (Å²) in [5.74, 6) is -0.358. The van der Waals surface area contributed by atoms with Crippen LogP contribution in [0.15, 0.2) is 70.4 Å². The second-order valence-electron chi connectivity index (χ2n) is 8.60. The highest BCUT2D eigenvalue weighted by atomic mass is 16.4. The molecule has 4 rings (SSSR count). The van der Waals surface area contributed by atoms with Gasteiger partial charge in [-0.15, -0.1) is 0 Å². The summed E-state index contributed by atoms with van der Waals surface area (Å²) < 4.78 is 0. The van der Waals surface area contributed by atoms with Crippen molar-refractivity contribution in [2.24, 2.45) is 0 Å². The number of carbonyl (C=O) groups is 1. The van der Waals surface area contributed by atoms with E-state index in [0.29, 0.717) is 6.54 Å². The van der Waals surface area contributed by atoms with Crippen LogP contribution in [0.2, 0.25) is 0 Å². The zero-order valence-electron chi connectivity index (χ0n) is 19.7. The number of benzene rings is 2.